The van der Waals surface area contributed by atoms with E-state index in [1.54, 1.807) is 0 Å². The van der Waals surface area contributed by atoms with Crippen molar-refractivity contribution in [1.82, 2.24) is 10.2 Å². The molecule has 1 aliphatic carbocycles. The quantitative estimate of drug-likeness (QED) is 0.707. The largest absolute Gasteiger partial charge is 0.352 e. The first-order valence-electron chi connectivity index (χ1n) is 7.33. The van der Waals surface area contributed by atoms with Crippen LogP contribution in [0.25, 0.3) is 0 Å². The molecule has 0 radical (unpaired) electrons. The highest BCUT2D eigenvalue weighted by Gasteiger charge is 2.17. The van der Waals surface area contributed by atoms with Crippen molar-refractivity contribution in [2.45, 2.75) is 64.0 Å². The van der Waals surface area contributed by atoms with Gasteiger partial charge in [-0.25, -0.2) is 0 Å². The molecule has 1 rings (SSSR count). The van der Waals surface area contributed by atoms with E-state index >= 15 is 0 Å². The molecule has 0 bridgehead atoms. The number of carbonyl (C=O) groups excluding carboxylic acids is 1. The second kappa shape index (κ2) is 8.48. The van der Waals surface area contributed by atoms with E-state index in [9.17, 15) is 4.79 Å². The van der Waals surface area contributed by atoms with Crippen LogP contribution < -0.4 is 11.1 Å². The van der Waals surface area contributed by atoms with Crippen LogP contribution in [0.3, 0.4) is 0 Å². The zero-order valence-electron chi connectivity index (χ0n) is 12.0. The van der Waals surface area contributed by atoms with Gasteiger partial charge in [0, 0.05) is 12.1 Å². The average molecular weight is 255 g/mol. The third-order valence-electron chi connectivity index (χ3n) is 3.95. The average Bonchev–Trinajstić information content (AvgIpc) is 2.57. The van der Waals surface area contributed by atoms with Gasteiger partial charge < -0.3 is 11.1 Å². The normalized spacial score (nSPS) is 19.6. The number of hydrogen-bond donors (Lipinski definition) is 2. The van der Waals surface area contributed by atoms with Crippen LogP contribution in [0, 0.1) is 0 Å². The summed E-state index contributed by atoms with van der Waals surface area (Å²) in [5.41, 5.74) is 5.54. The molecular formula is C14H29N3O. The van der Waals surface area contributed by atoms with Gasteiger partial charge >= 0.3 is 0 Å². The molecule has 106 valence electrons. The minimum atomic E-state index is 0.160. The molecule has 1 atom stereocenters. The van der Waals surface area contributed by atoms with Crippen LogP contribution in [-0.2, 0) is 4.79 Å². The van der Waals surface area contributed by atoms with Crippen LogP contribution in [0.1, 0.15) is 51.9 Å². The van der Waals surface area contributed by atoms with Gasteiger partial charge in [-0.1, -0.05) is 25.7 Å². The Morgan fingerprint density at radius 1 is 1.33 bits per heavy atom. The van der Waals surface area contributed by atoms with Gasteiger partial charge in [0.25, 0.3) is 0 Å². The highest BCUT2D eigenvalue weighted by Crippen LogP contribution is 2.17. The Kier molecular flexibility index (Phi) is 7.28. The zero-order valence-corrected chi connectivity index (χ0v) is 12.0. The van der Waals surface area contributed by atoms with Crippen LogP contribution in [-0.4, -0.2) is 43.0 Å². The Morgan fingerprint density at radius 2 is 1.94 bits per heavy atom. The van der Waals surface area contributed by atoms with Gasteiger partial charge in [-0.2, -0.15) is 0 Å². The lowest BCUT2D eigenvalue weighted by Crippen LogP contribution is -2.43. The smallest absolute Gasteiger partial charge is 0.234 e. The Morgan fingerprint density at radius 3 is 2.50 bits per heavy atom. The second-order valence-electron chi connectivity index (χ2n) is 5.60. The summed E-state index contributed by atoms with van der Waals surface area (Å²) in [4.78, 5) is 14.0. The van der Waals surface area contributed by atoms with E-state index in [1.165, 1.54) is 25.7 Å². The molecule has 3 N–H and O–H groups in total. The molecule has 18 heavy (non-hydrogen) atoms. The number of nitrogens with two attached hydrogens (primary N) is 1. The molecule has 1 unspecified atom stereocenters. The lowest BCUT2D eigenvalue weighted by Gasteiger charge is -2.25. The topological polar surface area (TPSA) is 58.4 Å². The van der Waals surface area contributed by atoms with Gasteiger partial charge in [-0.05, 0) is 39.8 Å². The standard InChI is InChI=1S/C14H29N3O/c1-12(9-10-15)17(2)11-14(18)16-13-7-5-3-4-6-8-13/h12-13H,3-11,15H2,1-2H3,(H,16,18). The Balaban J connectivity index is 2.27. The third-order valence-corrected chi connectivity index (χ3v) is 3.95. The Hall–Kier alpha value is -0.610. The number of likely N-dealkylation sites (N-methyl/N-ethyl adjacent to an activating group) is 1. The predicted molar refractivity (Wildman–Crippen MR) is 75.4 cm³/mol. The summed E-state index contributed by atoms with van der Waals surface area (Å²) in [6.07, 6.45) is 8.38. The highest BCUT2D eigenvalue weighted by atomic mass is 16.2. The molecule has 1 amide bonds. The molecule has 1 fully saturated rings. The fraction of sp³-hybridized carbons (Fsp3) is 0.929. The molecule has 0 aromatic rings. The van der Waals surface area contributed by atoms with Crippen molar-refractivity contribution in [3.63, 3.8) is 0 Å². The lowest BCUT2D eigenvalue weighted by molar-refractivity contribution is -0.123. The van der Waals surface area contributed by atoms with Gasteiger partial charge in [0.1, 0.15) is 0 Å². The first-order valence-corrected chi connectivity index (χ1v) is 7.33. The maximum atomic E-state index is 12.0. The third kappa shape index (κ3) is 5.83. The first kappa shape index (κ1) is 15.4. The van der Waals surface area contributed by atoms with E-state index in [-0.39, 0.29) is 5.91 Å². The fourth-order valence-electron chi connectivity index (χ4n) is 2.54. The van der Waals surface area contributed by atoms with E-state index in [4.69, 9.17) is 5.73 Å². The predicted octanol–water partition coefficient (Wildman–Crippen LogP) is 1.49. The van der Waals surface area contributed by atoms with Gasteiger partial charge in [0.2, 0.25) is 5.91 Å². The summed E-state index contributed by atoms with van der Waals surface area (Å²) in [7, 11) is 1.99. The minimum Gasteiger partial charge on any atom is -0.352 e. The maximum Gasteiger partial charge on any atom is 0.234 e. The Labute approximate surface area is 111 Å². The van der Waals surface area contributed by atoms with Crippen molar-refractivity contribution in [2.75, 3.05) is 20.1 Å². The molecule has 0 aromatic heterocycles. The molecule has 1 saturated carbocycles. The SMILES string of the molecule is CC(CCN)N(C)CC(=O)NC1CCCCCC1. The van der Waals surface area contributed by atoms with E-state index < -0.39 is 0 Å². The van der Waals surface area contributed by atoms with Gasteiger partial charge in [-0.3, -0.25) is 9.69 Å². The highest BCUT2D eigenvalue weighted by molar-refractivity contribution is 5.78. The summed E-state index contributed by atoms with van der Waals surface area (Å²) in [6.45, 7) is 3.28. The summed E-state index contributed by atoms with van der Waals surface area (Å²) in [5.74, 6) is 0.160. The van der Waals surface area contributed by atoms with Crippen LogP contribution >= 0.6 is 0 Å². The molecule has 4 nitrogen and oxygen atoms in total. The van der Waals surface area contributed by atoms with Crippen molar-refractivity contribution < 1.29 is 4.79 Å². The van der Waals surface area contributed by atoms with Crippen LogP contribution in [0.2, 0.25) is 0 Å². The number of rotatable bonds is 6. The van der Waals surface area contributed by atoms with E-state index in [0.29, 0.717) is 25.2 Å². The zero-order chi connectivity index (χ0) is 13.4. The molecule has 0 aliphatic heterocycles. The second-order valence-corrected chi connectivity index (χ2v) is 5.60. The van der Waals surface area contributed by atoms with E-state index in [1.807, 2.05) is 7.05 Å². The summed E-state index contributed by atoms with van der Waals surface area (Å²) < 4.78 is 0. The van der Waals surface area contributed by atoms with Crippen LogP contribution in [0.15, 0.2) is 0 Å². The summed E-state index contributed by atoms with van der Waals surface area (Å²) in [6, 6.07) is 0.771. The first-order chi connectivity index (χ1) is 8.63. The monoisotopic (exact) mass is 255 g/mol. The van der Waals surface area contributed by atoms with Crippen LogP contribution in [0.5, 0.6) is 0 Å². The van der Waals surface area contributed by atoms with Gasteiger partial charge in [-0.15, -0.1) is 0 Å². The summed E-state index contributed by atoms with van der Waals surface area (Å²) >= 11 is 0. The number of amides is 1. The van der Waals surface area contributed by atoms with Crippen LogP contribution in [0.4, 0.5) is 0 Å². The number of hydrogen-bond acceptors (Lipinski definition) is 3. The molecule has 4 heteroatoms. The molecule has 0 spiro atoms. The lowest BCUT2D eigenvalue weighted by atomic mass is 10.1. The molecule has 0 saturated heterocycles. The van der Waals surface area contributed by atoms with Crippen molar-refractivity contribution >= 4 is 5.91 Å². The molecule has 0 heterocycles. The van der Waals surface area contributed by atoms with Crippen molar-refractivity contribution in [2.24, 2.45) is 5.73 Å². The molecule has 1 aliphatic rings. The maximum absolute atomic E-state index is 12.0. The van der Waals surface area contributed by atoms with Crippen molar-refractivity contribution in [3.05, 3.63) is 0 Å². The summed E-state index contributed by atoms with van der Waals surface area (Å²) in [5, 5.41) is 3.17. The molecular weight excluding hydrogens is 226 g/mol. The minimum absolute atomic E-state index is 0.160. The van der Waals surface area contributed by atoms with E-state index in [2.05, 4.69) is 17.1 Å². The van der Waals surface area contributed by atoms with E-state index in [0.717, 1.165) is 19.3 Å². The van der Waals surface area contributed by atoms with Gasteiger partial charge in [0.05, 0.1) is 6.54 Å². The molecule has 0 aromatic carbocycles. The fourth-order valence-corrected chi connectivity index (χ4v) is 2.54. The number of nitrogens with one attached hydrogen (secondary N) is 1. The number of nitrogens with zero attached hydrogens (tertiary/aromatic N) is 1. The van der Waals surface area contributed by atoms with Crippen molar-refractivity contribution in [3.8, 4) is 0 Å². The van der Waals surface area contributed by atoms with Crippen molar-refractivity contribution in [1.29, 1.82) is 0 Å². The van der Waals surface area contributed by atoms with Gasteiger partial charge in [0.15, 0.2) is 0 Å². The Bertz CT molecular complexity index is 237. The number of carbonyl (C=O) groups is 1.